The summed E-state index contributed by atoms with van der Waals surface area (Å²) in [6.07, 6.45) is 6.32. The average Bonchev–Trinajstić information content (AvgIpc) is 2.65. The van der Waals surface area contributed by atoms with Crippen molar-refractivity contribution in [3.05, 3.63) is 69.7 Å². The maximum absolute atomic E-state index is 13.0. The molecule has 3 rings (SSSR count). The van der Waals surface area contributed by atoms with Crippen molar-refractivity contribution in [2.75, 3.05) is 0 Å². The summed E-state index contributed by atoms with van der Waals surface area (Å²) < 4.78 is 0.962. The van der Waals surface area contributed by atoms with Crippen LogP contribution in [0.25, 0.3) is 0 Å². The summed E-state index contributed by atoms with van der Waals surface area (Å²) in [5.41, 5.74) is 3.03. The second-order valence-electron chi connectivity index (χ2n) is 7.68. The van der Waals surface area contributed by atoms with Crippen molar-refractivity contribution in [1.82, 2.24) is 0 Å². The van der Waals surface area contributed by atoms with Gasteiger partial charge in [-0.25, -0.2) is 0 Å². The molecule has 0 heterocycles. The monoisotopic (exact) mass is 426 g/mol. The third-order valence-electron chi connectivity index (χ3n) is 5.66. The molecule has 0 aliphatic heterocycles. The molecular formula is C24H27BrO2. The molecule has 0 amide bonds. The Balaban J connectivity index is 1.88. The van der Waals surface area contributed by atoms with Gasteiger partial charge < -0.3 is 0 Å². The standard InChI is InChI=1S/C24H27BrO2/c1-17-8-10-18(11-9-17)22(21-6-4-2-3-5-7-23(21)26)16-24(27)19-12-14-20(25)15-13-19/h8-15,21-22H,2-7,16H2,1H3/t21-,22+/m0/s1. The van der Waals surface area contributed by atoms with Gasteiger partial charge in [0.15, 0.2) is 5.78 Å². The van der Waals surface area contributed by atoms with Gasteiger partial charge in [0.25, 0.3) is 0 Å². The number of Topliss-reactive ketones (excluding diaryl/α,β-unsaturated/α-hetero) is 2. The van der Waals surface area contributed by atoms with Crippen LogP contribution in [-0.2, 0) is 4.79 Å². The molecule has 0 spiro atoms. The summed E-state index contributed by atoms with van der Waals surface area (Å²) in [6, 6.07) is 15.9. The highest BCUT2D eigenvalue weighted by Gasteiger charge is 2.31. The van der Waals surface area contributed by atoms with E-state index in [1.807, 2.05) is 24.3 Å². The number of hydrogen-bond donors (Lipinski definition) is 0. The van der Waals surface area contributed by atoms with Crippen molar-refractivity contribution >= 4 is 27.5 Å². The van der Waals surface area contributed by atoms with Gasteiger partial charge in [-0.05, 0) is 37.5 Å². The van der Waals surface area contributed by atoms with Crippen molar-refractivity contribution < 1.29 is 9.59 Å². The van der Waals surface area contributed by atoms with Gasteiger partial charge in [-0.2, -0.15) is 0 Å². The van der Waals surface area contributed by atoms with Crippen LogP contribution >= 0.6 is 15.9 Å². The summed E-state index contributed by atoms with van der Waals surface area (Å²) in [7, 11) is 0. The lowest BCUT2D eigenvalue weighted by Gasteiger charge is -2.28. The molecule has 0 aromatic heterocycles. The smallest absolute Gasteiger partial charge is 0.163 e. The van der Waals surface area contributed by atoms with E-state index in [2.05, 4.69) is 47.1 Å². The van der Waals surface area contributed by atoms with E-state index in [4.69, 9.17) is 0 Å². The summed E-state index contributed by atoms with van der Waals surface area (Å²) in [5.74, 6) is 0.367. The number of rotatable bonds is 5. The van der Waals surface area contributed by atoms with Gasteiger partial charge in [-0.15, -0.1) is 0 Å². The van der Waals surface area contributed by atoms with Crippen molar-refractivity contribution in [3.63, 3.8) is 0 Å². The van der Waals surface area contributed by atoms with Crippen molar-refractivity contribution in [3.8, 4) is 0 Å². The Bertz CT molecular complexity index is 777. The summed E-state index contributed by atoms with van der Waals surface area (Å²) in [5, 5.41) is 0. The molecule has 0 saturated heterocycles. The van der Waals surface area contributed by atoms with Crippen LogP contribution in [-0.4, -0.2) is 11.6 Å². The van der Waals surface area contributed by atoms with Gasteiger partial charge in [0.1, 0.15) is 5.78 Å². The molecule has 2 aromatic carbocycles. The number of hydrogen-bond acceptors (Lipinski definition) is 2. The van der Waals surface area contributed by atoms with E-state index in [1.165, 1.54) is 12.0 Å². The maximum atomic E-state index is 13.0. The second kappa shape index (κ2) is 9.45. The topological polar surface area (TPSA) is 34.1 Å². The van der Waals surface area contributed by atoms with Crippen LogP contribution in [0.3, 0.4) is 0 Å². The predicted octanol–water partition coefficient (Wildman–Crippen LogP) is 6.65. The highest BCUT2D eigenvalue weighted by molar-refractivity contribution is 9.10. The molecule has 27 heavy (non-hydrogen) atoms. The fourth-order valence-electron chi connectivity index (χ4n) is 4.05. The molecule has 142 valence electrons. The molecule has 0 unspecified atom stereocenters. The molecule has 1 aliphatic rings. The lowest BCUT2D eigenvalue weighted by Crippen LogP contribution is -2.26. The summed E-state index contributed by atoms with van der Waals surface area (Å²) >= 11 is 3.42. The van der Waals surface area contributed by atoms with Crippen molar-refractivity contribution in [2.24, 2.45) is 5.92 Å². The first-order valence-electron chi connectivity index (χ1n) is 9.92. The molecule has 1 aliphatic carbocycles. The zero-order chi connectivity index (χ0) is 19.2. The first-order chi connectivity index (χ1) is 13.0. The van der Waals surface area contributed by atoms with E-state index in [-0.39, 0.29) is 17.6 Å². The zero-order valence-corrected chi connectivity index (χ0v) is 17.5. The number of ketones is 2. The Morgan fingerprint density at radius 2 is 1.67 bits per heavy atom. The lowest BCUT2D eigenvalue weighted by molar-refractivity contribution is -0.124. The summed E-state index contributed by atoms with van der Waals surface area (Å²) in [4.78, 5) is 25.9. The van der Waals surface area contributed by atoms with Gasteiger partial charge in [0, 0.05) is 34.7 Å². The van der Waals surface area contributed by atoms with E-state index in [0.29, 0.717) is 24.2 Å². The first kappa shape index (κ1) is 20.0. The van der Waals surface area contributed by atoms with E-state index in [1.54, 1.807) is 0 Å². The van der Waals surface area contributed by atoms with Crippen LogP contribution in [0.1, 0.15) is 72.3 Å². The molecule has 3 heteroatoms. The van der Waals surface area contributed by atoms with E-state index in [9.17, 15) is 9.59 Å². The Morgan fingerprint density at radius 3 is 2.37 bits per heavy atom. The molecule has 1 saturated carbocycles. The molecule has 0 radical (unpaired) electrons. The number of halogens is 1. The van der Waals surface area contributed by atoms with Gasteiger partial charge in [0.05, 0.1) is 0 Å². The minimum Gasteiger partial charge on any atom is -0.299 e. The van der Waals surface area contributed by atoms with E-state index in [0.717, 1.165) is 35.7 Å². The zero-order valence-electron chi connectivity index (χ0n) is 15.9. The largest absolute Gasteiger partial charge is 0.299 e. The number of benzene rings is 2. The van der Waals surface area contributed by atoms with Gasteiger partial charge >= 0.3 is 0 Å². The van der Waals surface area contributed by atoms with Crippen LogP contribution in [0.4, 0.5) is 0 Å². The van der Waals surface area contributed by atoms with Crippen LogP contribution in [0.5, 0.6) is 0 Å². The molecule has 2 aromatic rings. The van der Waals surface area contributed by atoms with Crippen molar-refractivity contribution in [1.29, 1.82) is 0 Å². The summed E-state index contributed by atoms with van der Waals surface area (Å²) in [6.45, 7) is 2.06. The highest BCUT2D eigenvalue weighted by atomic mass is 79.9. The number of carbonyl (C=O) groups is 2. The molecule has 0 N–H and O–H groups in total. The van der Waals surface area contributed by atoms with Gasteiger partial charge in [-0.1, -0.05) is 77.2 Å². The fourth-order valence-corrected chi connectivity index (χ4v) is 4.31. The van der Waals surface area contributed by atoms with Crippen LogP contribution in [0.15, 0.2) is 53.0 Å². The van der Waals surface area contributed by atoms with Crippen LogP contribution < -0.4 is 0 Å². The van der Waals surface area contributed by atoms with Gasteiger partial charge in [0.2, 0.25) is 0 Å². The first-order valence-corrected chi connectivity index (χ1v) is 10.7. The average molecular weight is 427 g/mol. The van der Waals surface area contributed by atoms with Gasteiger partial charge in [-0.3, -0.25) is 9.59 Å². The van der Waals surface area contributed by atoms with Crippen molar-refractivity contribution in [2.45, 2.75) is 57.8 Å². The Hall–Kier alpha value is -1.74. The molecule has 2 atom stereocenters. The SMILES string of the molecule is Cc1ccc([C@@H](CC(=O)c2ccc(Br)cc2)[C@@H]2CCCCCCC2=O)cc1. The highest BCUT2D eigenvalue weighted by Crippen LogP contribution is 2.36. The fraction of sp³-hybridized carbons (Fsp3) is 0.417. The third kappa shape index (κ3) is 5.38. The molecular weight excluding hydrogens is 400 g/mol. The number of carbonyl (C=O) groups excluding carboxylic acids is 2. The maximum Gasteiger partial charge on any atom is 0.163 e. The van der Waals surface area contributed by atoms with Crippen LogP contribution in [0.2, 0.25) is 0 Å². The Kier molecular flexibility index (Phi) is 7.01. The molecule has 2 nitrogen and oxygen atoms in total. The van der Waals surface area contributed by atoms with E-state index < -0.39 is 0 Å². The molecule has 0 bridgehead atoms. The second-order valence-corrected chi connectivity index (χ2v) is 8.59. The normalized spacial score (nSPS) is 19.2. The minimum absolute atomic E-state index is 0.0349. The lowest BCUT2D eigenvalue weighted by atomic mass is 9.75. The molecule has 1 fully saturated rings. The minimum atomic E-state index is -0.0487. The predicted molar refractivity (Wildman–Crippen MR) is 113 cm³/mol. The van der Waals surface area contributed by atoms with E-state index >= 15 is 0 Å². The van der Waals surface area contributed by atoms with Crippen LogP contribution in [0, 0.1) is 12.8 Å². The third-order valence-corrected chi connectivity index (χ3v) is 6.19. The number of aryl methyl sites for hydroxylation is 1. The Labute approximate surface area is 170 Å². The Morgan fingerprint density at radius 1 is 1.00 bits per heavy atom. The quantitative estimate of drug-likeness (QED) is 0.501.